The molecular formula is C13H12BrFN2O2S. The zero-order valence-corrected chi connectivity index (χ0v) is 12.9. The summed E-state index contributed by atoms with van der Waals surface area (Å²) in [7, 11) is 0. The molecule has 0 aliphatic carbocycles. The molecule has 1 aromatic rings. The molecule has 4 nitrogen and oxygen atoms in total. The van der Waals surface area contributed by atoms with E-state index in [0.29, 0.717) is 18.0 Å². The summed E-state index contributed by atoms with van der Waals surface area (Å²) in [6.07, 6.45) is -0.0237. The lowest BCUT2D eigenvalue weighted by atomic mass is 10.1. The van der Waals surface area contributed by atoms with Gasteiger partial charge < -0.3 is 10.0 Å². The Hall–Kier alpha value is -1.26. The summed E-state index contributed by atoms with van der Waals surface area (Å²) in [5, 5.41) is 17.8. The maximum absolute atomic E-state index is 14.4. The zero-order valence-electron chi connectivity index (χ0n) is 10.5. The van der Waals surface area contributed by atoms with Crippen LogP contribution in [0.25, 0.3) is 0 Å². The number of halogens is 2. The molecule has 7 heteroatoms. The van der Waals surface area contributed by atoms with Crippen LogP contribution in [0.2, 0.25) is 0 Å². The van der Waals surface area contributed by atoms with Crippen LogP contribution in [0.3, 0.4) is 0 Å². The second-order valence-corrected chi connectivity index (χ2v) is 6.33. The first-order chi connectivity index (χ1) is 9.54. The first-order valence-corrected chi connectivity index (χ1v) is 7.93. The van der Waals surface area contributed by atoms with Crippen molar-refractivity contribution in [2.24, 2.45) is 0 Å². The molecule has 1 unspecified atom stereocenters. The Morgan fingerprint density at radius 3 is 3.05 bits per heavy atom. The number of rotatable bonds is 3. The highest BCUT2D eigenvalue weighted by Crippen LogP contribution is 2.33. The van der Waals surface area contributed by atoms with Crippen molar-refractivity contribution in [2.45, 2.75) is 12.5 Å². The maximum atomic E-state index is 14.4. The van der Waals surface area contributed by atoms with Crippen molar-refractivity contribution in [3.63, 3.8) is 0 Å². The Kier molecular flexibility index (Phi) is 4.89. The minimum Gasteiger partial charge on any atom is -0.481 e. The third-order valence-electron chi connectivity index (χ3n) is 3.13. The molecule has 106 valence electrons. The Balaban J connectivity index is 2.35. The molecule has 0 spiro atoms. The van der Waals surface area contributed by atoms with Gasteiger partial charge in [-0.25, -0.2) is 4.39 Å². The molecule has 1 saturated heterocycles. The van der Waals surface area contributed by atoms with E-state index in [1.807, 2.05) is 6.07 Å². The highest BCUT2D eigenvalue weighted by atomic mass is 79.9. The second kappa shape index (κ2) is 6.46. The second-order valence-electron chi connectivity index (χ2n) is 4.39. The lowest BCUT2D eigenvalue weighted by Crippen LogP contribution is -2.44. The van der Waals surface area contributed by atoms with Gasteiger partial charge in [0.1, 0.15) is 6.07 Å². The summed E-state index contributed by atoms with van der Waals surface area (Å²) in [6.45, 7) is 0.595. The van der Waals surface area contributed by atoms with Crippen LogP contribution < -0.4 is 4.90 Å². The van der Waals surface area contributed by atoms with Crippen LogP contribution in [-0.2, 0) is 4.79 Å². The maximum Gasteiger partial charge on any atom is 0.305 e. The van der Waals surface area contributed by atoms with E-state index in [1.54, 1.807) is 28.8 Å². The monoisotopic (exact) mass is 358 g/mol. The van der Waals surface area contributed by atoms with Crippen molar-refractivity contribution < 1.29 is 14.3 Å². The van der Waals surface area contributed by atoms with E-state index in [0.717, 1.165) is 5.75 Å². The predicted molar refractivity (Wildman–Crippen MR) is 79.5 cm³/mol. The molecule has 0 saturated carbocycles. The molecule has 1 aliphatic heterocycles. The van der Waals surface area contributed by atoms with Gasteiger partial charge in [-0.15, -0.1) is 0 Å². The number of nitrogens with zero attached hydrogens (tertiary/aromatic N) is 2. The summed E-state index contributed by atoms with van der Waals surface area (Å²) in [5.41, 5.74) is 0.579. The Labute approximate surface area is 128 Å². The predicted octanol–water partition coefficient (Wildman–Crippen LogP) is 2.86. The number of aliphatic carboxylic acids is 1. The van der Waals surface area contributed by atoms with Crippen LogP contribution in [-0.4, -0.2) is 35.2 Å². The van der Waals surface area contributed by atoms with Crippen LogP contribution >= 0.6 is 27.7 Å². The molecule has 0 bridgehead atoms. The average Bonchev–Trinajstić information content (AvgIpc) is 2.42. The number of benzene rings is 1. The van der Waals surface area contributed by atoms with E-state index in [-0.39, 0.29) is 22.5 Å². The van der Waals surface area contributed by atoms with Crippen molar-refractivity contribution in [1.82, 2.24) is 0 Å². The van der Waals surface area contributed by atoms with Crippen molar-refractivity contribution in [2.75, 3.05) is 23.0 Å². The van der Waals surface area contributed by atoms with Crippen molar-refractivity contribution in [3.8, 4) is 6.07 Å². The van der Waals surface area contributed by atoms with Gasteiger partial charge in [-0.2, -0.15) is 17.0 Å². The molecule has 1 aliphatic rings. The van der Waals surface area contributed by atoms with Crippen LogP contribution in [0, 0.1) is 17.1 Å². The van der Waals surface area contributed by atoms with Gasteiger partial charge in [0.05, 0.1) is 22.1 Å². The molecule has 1 fully saturated rings. The fraction of sp³-hybridized carbons (Fsp3) is 0.385. The molecule has 1 heterocycles. The number of carbonyl (C=O) groups is 1. The van der Waals surface area contributed by atoms with Crippen molar-refractivity contribution in [3.05, 3.63) is 28.0 Å². The zero-order chi connectivity index (χ0) is 14.7. The number of hydrogen-bond acceptors (Lipinski definition) is 4. The van der Waals surface area contributed by atoms with Crippen LogP contribution in [0.5, 0.6) is 0 Å². The van der Waals surface area contributed by atoms with Gasteiger partial charge >= 0.3 is 5.97 Å². The van der Waals surface area contributed by atoms with Gasteiger partial charge in [-0.1, -0.05) is 0 Å². The highest BCUT2D eigenvalue weighted by Gasteiger charge is 2.28. The van der Waals surface area contributed by atoms with Crippen molar-refractivity contribution in [1.29, 1.82) is 5.26 Å². The molecule has 1 aromatic carbocycles. The molecule has 1 N–H and O–H groups in total. The first-order valence-electron chi connectivity index (χ1n) is 5.99. The smallest absolute Gasteiger partial charge is 0.305 e. The summed E-state index contributed by atoms with van der Waals surface area (Å²) in [6, 6.07) is 4.76. The molecule has 0 aromatic heterocycles. The normalized spacial score (nSPS) is 18.6. The van der Waals surface area contributed by atoms with Gasteiger partial charge in [0.25, 0.3) is 0 Å². The molecule has 0 amide bonds. The first kappa shape index (κ1) is 15.1. The van der Waals surface area contributed by atoms with E-state index < -0.39 is 11.8 Å². The van der Waals surface area contributed by atoms with E-state index >= 15 is 0 Å². The van der Waals surface area contributed by atoms with Crippen LogP contribution in [0.15, 0.2) is 16.6 Å². The largest absolute Gasteiger partial charge is 0.481 e. The summed E-state index contributed by atoms with van der Waals surface area (Å²) < 4.78 is 14.5. The van der Waals surface area contributed by atoms with Gasteiger partial charge in [0.15, 0.2) is 5.82 Å². The SMILES string of the molecule is N#Cc1ccc(N2CCSCC2CC(=O)O)c(F)c1Br. The van der Waals surface area contributed by atoms with Gasteiger partial charge in [0.2, 0.25) is 0 Å². The van der Waals surface area contributed by atoms with E-state index in [1.165, 1.54) is 0 Å². The minimum absolute atomic E-state index is 0.0237. The Morgan fingerprint density at radius 2 is 2.40 bits per heavy atom. The third-order valence-corrected chi connectivity index (χ3v) is 5.00. The van der Waals surface area contributed by atoms with Gasteiger partial charge in [-0.05, 0) is 28.1 Å². The molecule has 0 radical (unpaired) electrons. The van der Waals surface area contributed by atoms with Crippen LogP contribution in [0.1, 0.15) is 12.0 Å². The summed E-state index contributed by atoms with van der Waals surface area (Å²) in [5.74, 6) is 0.0817. The standard InChI is InChI=1S/C13H12BrFN2O2S/c14-12-8(6-16)1-2-10(13(12)15)17-3-4-20-7-9(17)5-11(18)19/h1-2,9H,3-5,7H2,(H,18,19). The number of thioether (sulfide) groups is 1. The van der Waals surface area contributed by atoms with E-state index in [2.05, 4.69) is 15.9 Å². The molecule has 2 rings (SSSR count). The quantitative estimate of drug-likeness (QED) is 0.899. The fourth-order valence-corrected chi connectivity index (χ4v) is 3.68. The number of carboxylic acid groups (broad SMARTS) is 1. The number of carboxylic acids is 1. The van der Waals surface area contributed by atoms with Gasteiger partial charge in [-0.3, -0.25) is 4.79 Å². The summed E-state index contributed by atoms with van der Waals surface area (Å²) in [4.78, 5) is 12.7. The van der Waals surface area contributed by atoms with Gasteiger partial charge in [0, 0.05) is 24.1 Å². The van der Waals surface area contributed by atoms with Crippen LogP contribution in [0.4, 0.5) is 10.1 Å². The molecular weight excluding hydrogens is 347 g/mol. The van der Waals surface area contributed by atoms with E-state index in [4.69, 9.17) is 10.4 Å². The number of nitriles is 1. The van der Waals surface area contributed by atoms with E-state index in [9.17, 15) is 9.18 Å². The molecule has 1 atom stereocenters. The lowest BCUT2D eigenvalue weighted by Gasteiger charge is -2.36. The number of anilines is 1. The fourth-order valence-electron chi connectivity index (χ4n) is 2.19. The number of hydrogen-bond donors (Lipinski definition) is 1. The minimum atomic E-state index is -0.893. The Morgan fingerprint density at radius 1 is 1.65 bits per heavy atom. The Bertz CT molecular complexity index is 576. The average molecular weight is 359 g/mol. The third kappa shape index (κ3) is 3.07. The topological polar surface area (TPSA) is 64.3 Å². The summed E-state index contributed by atoms with van der Waals surface area (Å²) >= 11 is 4.75. The lowest BCUT2D eigenvalue weighted by molar-refractivity contribution is -0.137. The highest BCUT2D eigenvalue weighted by molar-refractivity contribution is 9.10. The van der Waals surface area contributed by atoms with Crippen molar-refractivity contribution >= 4 is 39.3 Å². The molecule has 20 heavy (non-hydrogen) atoms.